The van der Waals surface area contributed by atoms with Crippen molar-refractivity contribution in [2.24, 2.45) is 0 Å². The van der Waals surface area contributed by atoms with E-state index >= 15 is 0 Å². The Kier molecular flexibility index (Phi) is 4.21. The Bertz CT molecular complexity index is 1310. The van der Waals surface area contributed by atoms with Crippen LogP contribution in [0.5, 0.6) is 0 Å². The molecule has 142 valence electrons. The van der Waals surface area contributed by atoms with E-state index in [0.29, 0.717) is 0 Å². The first-order chi connectivity index (χ1) is 14.0. The summed E-state index contributed by atoms with van der Waals surface area (Å²) in [5.41, 5.74) is 4.78. The minimum atomic E-state index is 0.0612. The van der Waals surface area contributed by atoms with Crippen molar-refractivity contribution in [3.05, 3.63) is 84.8 Å². The number of benzene rings is 2. The fraction of sp³-hybridized carbons (Fsp3) is 0.154. The van der Waals surface area contributed by atoms with Crippen molar-refractivity contribution < 1.29 is 0 Å². The molecule has 0 aliphatic carbocycles. The van der Waals surface area contributed by atoms with Crippen LogP contribution in [-0.2, 0) is 5.41 Å². The summed E-state index contributed by atoms with van der Waals surface area (Å²) < 4.78 is 1.21. The van der Waals surface area contributed by atoms with Crippen LogP contribution in [0, 0.1) is 0 Å². The third-order valence-electron chi connectivity index (χ3n) is 5.33. The monoisotopic (exact) mass is 394 g/mol. The lowest BCUT2D eigenvalue weighted by atomic mass is 9.82. The summed E-state index contributed by atoms with van der Waals surface area (Å²) in [4.78, 5) is 10.2. The molecule has 3 heterocycles. The Morgan fingerprint density at radius 1 is 0.793 bits per heavy atom. The molecule has 29 heavy (non-hydrogen) atoms. The van der Waals surface area contributed by atoms with E-state index in [-0.39, 0.29) is 5.41 Å². The number of hydrogen-bond donors (Lipinski definition) is 0. The molecule has 0 saturated heterocycles. The predicted molar refractivity (Wildman–Crippen MR) is 124 cm³/mol. The first-order valence-corrected chi connectivity index (χ1v) is 10.6. The zero-order valence-electron chi connectivity index (χ0n) is 16.8. The molecule has 0 radical (unpaired) electrons. The number of thiophene rings is 1. The highest BCUT2D eigenvalue weighted by Gasteiger charge is 2.18. The van der Waals surface area contributed by atoms with Crippen LogP contribution in [0.15, 0.2) is 79.3 Å². The van der Waals surface area contributed by atoms with Crippen molar-refractivity contribution in [2.75, 3.05) is 0 Å². The summed E-state index contributed by atoms with van der Waals surface area (Å²) in [6.07, 6.45) is 5.70. The molecule has 0 fully saturated rings. The number of fused-ring (bicyclic) bond motifs is 2. The minimum absolute atomic E-state index is 0.0612. The van der Waals surface area contributed by atoms with Gasteiger partial charge < -0.3 is 0 Å². The van der Waals surface area contributed by atoms with Gasteiger partial charge in [-0.2, -0.15) is 0 Å². The topological polar surface area (TPSA) is 25.8 Å². The largest absolute Gasteiger partial charge is 0.263 e. The molecule has 0 N–H and O–H groups in total. The first kappa shape index (κ1) is 18.0. The highest BCUT2D eigenvalue weighted by atomic mass is 32.1. The van der Waals surface area contributed by atoms with Gasteiger partial charge in [0.1, 0.15) is 0 Å². The molecule has 5 aromatic rings. The molecule has 0 aliphatic rings. The first-order valence-electron chi connectivity index (χ1n) is 9.83. The second kappa shape index (κ2) is 6.78. The average Bonchev–Trinajstić information content (AvgIpc) is 3.17. The molecule has 5 rings (SSSR count). The third kappa shape index (κ3) is 3.32. The highest BCUT2D eigenvalue weighted by Crippen LogP contribution is 2.37. The van der Waals surface area contributed by atoms with E-state index in [9.17, 15) is 0 Å². The van der Waals surface area contributed by atoms with E-state index in [1.54, 1.807) is 11.3 Å². The van der Waals surface area contributed by atoms with Crippen molar-refractivity contribution >= 4 is 32.2 Å². The van der Waals surface area contributed by atoms with E-state index in [4.69, 9.17) is 4.98 Å². The lowest BCUT2D eigenvalue weighted by molar-refractivity contribution is 0.596. The lowest BCUT2D eigenvalue weighted by Gasteiger charge is -2.22. The molecule has 0 bridgehead atoms. The van der Waals surface area contributed by atoms with E-state index < -0.39 is 0 Å². The van der Waals surface area contributed by atoms with Crippen LogP contribution in [0.4, 0.5) is 0 Å². The fourth-order valence-corrected chi connectivity index (χ4v) is 4.87. The zero-order valence-corrected chi connectivity index (χ0v) is 17.6. The van der Waals surface area contributed by atoms with E-state index in [2.05, 4.69) is 86.4 Å². The zero-order chi connectivity index (χ0) is 20.0. The van der Waals surface area contributed by atoms with Crippen LogP contribution in [0.1, 0.15) is 26.3 Å². The van der Waals surface area contributed by atoms with Crippen LogP contribution in [0.3, 0.4) is 0 Å². The summed E-state index contributed by atoms with van der Waals surface area (Å²) >= 11 is 1.77. The van der Waals surface area contributed by atoms with Gasteiger partial charge in [0.25, 0.3) is 0 Å². The van der Waals surface area contributed by atoms with Crippen LogP contribution < -0.4 is 0 Å². The Labute approximate surface area is 174 Å². The maximum absolute atomic E-state index is 4.71. The Morgan fingerprint density at radius 3 is 2.48 bits per heavy atom. The summed E-state index contributed by atoms with van der Waals surface area (Å²) in [6.45, 7) is 6.81. The van der Waals surface area contributed by atoms with Crippen molar-refractivity contribution in [3.63, 3.8) is 0 Å². The van der Waals surface area contributed by atoms with Gasteiger partial charge in [0.2, 0.25) is 0 Å². The van der Waals surface area contributed by atoms with Crippen molar-refractivity contribution in [3.8, 4) is 21.7 Å². The van der Waals surface area contributed by atoms with Gasteiger partial charge in [-0.15, -0.1) is 11.3 Å². The predicted octanol–water partition coefficient (Wildman–Crippen LogP) is 7.48. The number of aromatic nitrogens is 2. The lowest BCUT2D eigenvalue weighted by Crippen LogP contribution is -2.12. The summed E-state index contributed by atoms with van der Waals surface area (Å²) in [5.74, 6) is 0. The molecular formula is C26H22N2S. The van der Waals surface area contributed by atoms with Gasteiger partial charge in [-0.25, -0.2) is 0 Å². The van der Waals surface area contributed by atoms with E-state index in [1.807, 2.05) is 18.6 Å². The van der Waals surface area contributed by atoms with Crippen LogP contribution in [-0.4, -0.2) is 9.97 Å². The second-order valence-corrected chi connectivity index (χ2v) is 9.53. The van der Waals surface area contributed by atoms with Gasteiger partial charge >= 0.3 is 0 Å². The molecule has 3 heteroatoms. The summed E-state index contributed by atoms with van der Waals surface area (Å²) in [7, 11) is 0. The van der Waals surface area contributed by atoms with Gasteiger partial charge in [0.15, 0.2) is 0 Å². The molecule has 0 saturated carbocycles. The Morgan fingerprint density at radius 2 is 1.66 bits per heavy atom. The molecule has 0 amide bonds. The normalized spacial score (nSPS) is 12.0. The molecule has 3 aromatic heterocycles. The maximum Gasteiger partial charge on any atom is 0.0708 e. The highest BCUT2D eigenvalue weighted by molar-refractivity contribution is 7.22. The van der Waals surface area contributed by atoms with Gasteiger partial charge in [0.05, 0.1) is 10.4 Å². The van der Waals surface area contributed by atoms with Crippen molar-refractivity contribution in [2.45, 2.75) is 26.2 Å². The van der Waals surface area contributed by atoms with Crippen molar-refractivity contribution in [1.29, 1.82) is 0 Å². The van der Waals surface area contributed by atoms with Crippen LogP contribution >= 0.6 is 11.3 Å². The van der Waals surface area contributed by atoms with Gasteiger partial charge in [-0.1, -0.05) is 45.0 Å². The van der Waals surface area contributed by atoms with Crippen LogP contribution in [0.2, 0.25) is 0 Å². The Hall–Kier alpha value is -3.04. The van der Waals surface area contributed by atoms with E-state index in [1.165, 1.54) is 42.4 Å². The molecule has 0 aliphatic heterocycles. The van der Waals surface area contributed by atoms with Crippen molar-refractivity contribution in [1.82, 2.24) is 9.97 Å². The number of pyridine rings is 2. The van der Waals surface area contributed by atoms with E-state index in [0.717, 1.165) is 5.69 Å². The maximum atomic E-state index is 4.71. The minimum Gasteiger partial charge on any atom is -0.263 e. The SMILES string of the molecule is CC(C)(C)c1cc(-c2cc(-c3cc4ccncc4s3)ccn2)cc2ccccc12. The van der Waals surface area contributed by atoms with Gasteiger partial charge in [0, 0.05) is 29.0 Å². The van der Waals surface area contributed by atoms with Crippen LogP contribution in [0.25, 0.3) is 42.6 Å². The third-order valence-corrected chi connectivity index (χ3v) is 6.47. The average molecular weight is 395 g/mol. The molecule has 2 nitrogen and oxygen atoms in total. The fourth-order valence-electron chi connectivity index (χ4n) is 3.85. The number of hydrogen-bond acceptors (Lipinski definition) is 3. The summed E-state index contributed by atoms with van der Waals surface area (Å²) in [5, 5.41) is 3.81. The molecule has 0 atom stereocenters. The molecular weight excluding hydrogens is 372 g/mol. The molecule has 2 aromatic carbocycles. The second-order valence-electron chi connectivity index (χ2n) is 8.45. The smallest absolute Gasteiger partial charge is 0.0708 e. The standard InChI is InChI=1S/C26H22N2S/c1-26(2,3)22-13-20(12-17-6-4-5-7-21(17)22)23-14-18(9-11-28-23)24-15-19-8-10-27-16-25(19)29-24/h4-16H,1-3H3. The van der Waals surface area contributed by atoms with Gasteiger partial charge in [-0.05, 0) is 69.1 Å². The number of nitrogens with zero attached hydrogens (tertiary/aromatic N) is 2. The quantitative estimate of drug-likeness (QED) is 0.310. The van der Waals surface area contributed by atoms with Gasteiger partial charge in [-0.3, -0.25) is 9.97 Å². The Balaban J connectivity index is 1.67. The molecule has 0 spiro atoms. The summed E-state index contributed by atoms with van der Waals surface area (Å²) in [6, 6.07) is 21.8. The number of rotatable bonds is 2. The molecule has 0 unspecified atom stereocenters.